The molecule has 2 aliphatic rings. The van der Waals surface area contributed by atoms with E-state index in [2.05, 4.69) is 11.6 Å². The Hall–Kier alpha value is -4.24. The fourth-order valence-corrected chi connectivity index (χ4v) is 6.07. The van der Waals surface area contributed by atoms with Crippen LogP contribution in [0.4, 0.5) is 10.2 Å². The molecule has 2 aromatic heterocycles. The van der Waals surface area contributed by atoms with Gasteiger partial charge in [0.05, 0.1) is 27.4 Å². The standard InChI is InChI=1S/C31H29ClFN5O3/c1-3-26(40)36-14-15-37(18(2)17-36)29-21-16-22(32)28(27-23(33)11-7-13-25(27)39)34-30(21)38(31(41)35-29)24-12-5-4-10-20(24)19-8-6-9-19/h3-5,7,10-13,16,18-19,39H,1,6,8-9,14-15,17H2,2H3. The number of piperazine rings is 1. The van der Waals surface area contributed by atoms with Gasteiger partial charge in [-0.15, -0.1) is 0 Å². The smallest absolute Gasteiger partial charge is 0.355 e. The Morgan fingerprint density at radius 1 is 1.15 bits per heavy atom. The highest BCUT2D eigenvalue weighted by molar-refractivity contribution is 6.34. The van der Waals surface area contributed by atoms with E-state index in [9.17, 15) is 14.7 Å². The molecule has 2 fully saturated rings. The summed E-state index contributed by atoms with van der Waals surface area (Å²) in [4.78, 5) is 39.2. The van der Waals surface area contributed by atoms with Crippen LogP contribution >= 0.6 is 11.6 Å². The Morgan fingerprint density at radius 2 is 1.93 bits per heavy atom. The van der Waals surface area contributed by atoms with Crippen molar-refractivity contribution in [2.75, 3.05) is 24.5 Å². The maximum atomic E-state index is 15.0. The summed E-state index contributed by atoms with van der Waals surface area (Å²) in [6.45, 7) is 6.81. The summed E-state index contributed by atoms with van der Waals surface area (Å²) in [5.41, 5.74) is 1.29. The minimum Gasteiger partial charge on any atom is -0.507 e. The first-order chi connectivity index (χ1) is 19.8. The highest BCUT2D eigenvalue weighted by Gasteiger charge is 2.31. The second kappa shape index (κ2) is 10.6. The molecule has 1 amide bonds. The molecule has 1 unspecified atom stereocenters. The van der Waals surface area contributed by atoms with Crippen LogP contribution in [0.3, 0.4) is 0 Å². The summed E-state index contributed by atoms with van der Waals surface area (Å²) in [5.74, 6) is -0.455. The fraction of sp³-hybridized carbons (Fsp3) is 0.290. The molecular weight excluding hydrogens is 545 g/mol. The number of carbonyl (C=O) groups excluding carboxylic acids is 1. The topological polar surface area (TPSA) is 91.6 Å². The second-order valence-corrected chi connectivity index (χ2v) is 11.0. The molecule has 1 saturated heterocycles. The molecule has 10 heteroatoms. The zero-order chi connectivity index (χ0) is 28.8. The van der Waals surface area contributed by atoms with Crippen molar-refractivity contribution in [1.29, 1.82) is 0 Å². The van der Waals surface area contributed by atoms with E-state index in [0.29, 0.717) is 42.4 Å². The predicted octanol–water partition coefficient (Wildman–Crippen LogP) is 5.44. The molecule has 0 spiro atoms. The molecule has 0 bridgehead atoms. The summed E-state index contributed by atoms with van der Waals surface area (Å²) < 4.78 is 16.5. The quantitative estimate of drug-likeness (QED) is 0.320. The number of pyridine rings is 1. The van der Waals surface area contributed by atoms with Gasteiger partial charge in [0.1, 0.15) is 17.4 Å². The lowest BCUT2D eigenvalue weighted by Gasteiger charge is -2.40. The van der Waals surface area contributed by atoms with Gasteiger partial charge in [-0.05, 0) is 61.6 Å². The van der Waals surface area contributed by atoms with E-state index < -0.39 is 11.5 Å². The molecule has 1 aliphatic heterocycles. The number of nitrogens with zero attached hydrogens (tertiary/aromatic N) is 5. The summed E-state index contributed by atoms with van der Waals surface area (Å²) >= 11 is 6.73. The number of aromatic nitrogens is 3. The first kappa shape index (κ1) is 27.0. The number of benzene rings is 2. The zero-order valence-corrected chi connectivity index (χ0v) is 23.3. The number of rotatable bonds is 5. The molecule has 210 valence electrons. The van der Waals surface area contributed by atoms with Crippen molar-refractivity contribution >= 4 is 34.4 Å². The number of fused-ring (bicyclic) bond motifs is 1. The van der Waals surface area contributed by atoms with Crippen molar-refractivity contribution in [3.05, 3.63) is 88.1 Å². The lowest BCUT2D eigenvalue weighted by molar-refractivity contribution is -0.126. The van der Waals surface area contributed by atoms with Crippen molar-refractivity contribution < 1.29 is 14.3 Å². The number of para-hydroxylation sites is 1. The van der Waals surface area contributed by atoms with Gasteiger partial charge in [0.2, 0.25) is 5.91 Å². The third kappa shape index (κ3) is 4.64. The van der Waals surface area contributed by atoms with Crippen LogP contribution in [-0.4, -0.2) is 56.1 Å². The fourth-order valence-electron chi connectivity index (χ4n) is 5.82. The van der Waals surface area contributed by atoms with Crippen LogP contribution in [0.2, 0.25) is 5.02 Å². The van der Waals surface area contributed by atoms with Crippen molar-refractivity contribution in [2.24, 2.45) is 0 Å². The average molecular weight is 574 g/mol. The third-order valence-electron chi connectivity index (χ3n) is 8.14. The van der Waals surface area contributed by atoms with E-state index in [1.165, 1.54) is 28.8 Å². The highest BCUT2D eigenvalue weighted by Crippen LogP contribution is 2.41. The SMILES string of the molecule is C=CC(=O)N1CCN(c2nc(=O)n(-c3ccccc3C3CCC3)c3nc(-c4c(O)cccc4F)c(Cl)cc23)C(C)C1. The molecule has 1 aliphatic carbocycles. The summed E-state index contributed by atoms with van der Waals surface area (Å²) in [7, 11) is 0. The number of hydrogen-bond donors (Lipinski definition) is 1. The minimum atomic E-state index is -0.687. The first-order valence-corrected chi connectivity index (χ1v) is 14.0. The Bertz CT molecular complexity index is 1730. The van der Waals surface area contributed by atoms with Crippen LogP contribution < -0.4 is 10.6 Å². The van der Waals surface area contributed by atoms with Gasteiger partial charge < -0.3 is 14.9 Å². The molecular formula is C31H29ClFN5O3. The van der Waals surface area contributed by atoms with Crippen LogP contribution in [0.25, 0.3) is 28.0 Å². The average Bonchev–Trinajstić information content (AvgIpc) is 2.92. The van der Waals surface area contributed by atoms with Crippen LogP contribution in [0.15, 0.2) is 66.0 Å². The molecule has 6 rings (SSSR count). The predicted molar refractivity (Wildman–Crippen MR) is 157 cm³/mol. The lowest BCUT2D eigenvalue weighted by Crippen LogP contribution is -2.54. The number of hydrogen-bond acceptors (Lipinski definition) is 6. The summed E-state index contributed by atoms with van der Waals surface area (Å²) in [6, 6.07) is 13.1. The van der Waals surface area contributed by atoms with Crippen molar-refractivity contribution in [1.82, 2.24) is 19.4 Å². The van der Waals surface area contributed by atoms with Gasteiger partial charge in [-0.1, -0.05) is 48.9 Å². The second-order valence-electron chi connectivity index (χ2n) is 10.6. The normalized spacial score (nSPS) is 17.5. The van der Waals surface area contributed by atoms with Crippen LogP contribution in [0.5, 0.6) is 5.75 Å². The molecule has 1 N–H and O–H groups in total. The van der Waals surface area contributed by atoms with E-state index in [-0.39, 0.29) is 39.6 Å². The van der Waals surface area contributed by atoms with Crippen LogP contribution in [-0.2, 0) is 4.79 Å². The number of phenols is 1. The Labute approximate surface area is 241 Å². The van der Waals surface area contributed by atoms with Crippen LogP contribution in [0, 0.1) is 5.82 Å². The number of carbonyl (C=O) groups is 1. The van der Waals surface area contributed by atoms with Gasteiger partial charge in [-0.3, -0.25) is 4.79 Å². The molecule has 2 aromatic carbocycles. The number of amides is 1. The third-order valence-corrected chi connectivity index (χ3v) is 8.43. The van der Waals surface area contributed by atoms with Gasteiger partial charge in [-0.2, -0.15) is 4.98 Å². The van der Waals surface area contributed by atoms with E-state index in [1.54, 1.807) is 11.0 Å². The molecule has 41 heavy (non-hydrogen) atoms. The van der Waals surface area contributed by atoms with Crippen molar-refractivity contribution in [3.8, 4) is 22.7 Å². The maximum absolute atomic E-state index is 15.0. The monoisotopic (exact) mass is 573 g/mol. The van der Waals surface area contributed by atoms with Gasteiger partial charge in [0.25, 0.3) is 0 Å². The molecule has 8 nitrogen and oxygen atoms in total. The van der Waals surface area contributed by atoms with Gasteiger partial charge in [0.15, 0.2) is 5.65 Å². The largest absolute Gasteiger partial charge is 0.507 e. The lowest BCUT2D eigenvalue weighted by atomic mass is 9.79. The van der Waals surface area contributed by atoms with Gasteiger partial charge in [0, 0.05) is 25.7 Å². The highest BCUT2D eigenvalue weighted by atomic mass is 35.5. The summed E-state index contributed by atoms with van der Waals surface area (Å²) in [5, 5.41) is 11.2. The Morgan fingerprint density at radius 3 is 2.61 bits per heavy atom. The molecule has 1 saturated carbocycles. The van der Waals surface area contributed by atoms with E-state index in [1.807, 2.05) is 36.1 Å². The van der Waals surface area contributed by atoms with Crippen molar-refractivity contribution in [3.63, 3.8) is 0 Å². The van der Waals surface area contributed by atoms with E-state index in [0.717, 1.165) is 24.8 Å². The van der Waals surface area contributed by atoms with Gasteiger partial charge >= 0.3 is 5.69 Å². The molecule has 3 heterocycles. The number of aromatic hydroxyl groups is 1. The maximum Gasteiger partial charge on any atom is 0.355 e. The number of phenolic OH excluding ortho intramolecular Hbond substituents is 1. The molecule has 1 atom stereocenters. The van der Waals surface area contributed by atoms with Gasteiger partial charge in [-0.25, -0.2) is 18.7 Å². The Balaban J connectivity index is 1.61. The molecule has 4 aromatic rings. The number of halogens is 2. The van der Waals surface area contributed by atoms with Crippen LogP contribution in [0.1, 0.15) is 37.7 Å². The molecule has 0 radical (unpaired) electrons. The van der Waals surface area contributed by atoms with E-state index >= 15 is 4.39 Å². The Kier molecular flexibility index (Phi) is 6.99. The zero-order valence-electron chi connectivity index (χ0n) is 22.6. The van der Waals surface area contributed by atoms with Crippen molar-refractivity contribution in [2.45, 2.75) is 38.1 Å². The van der Waals surface area contributed by atoms with E-state index in [4.69, 9.17) is 16.6 Å². The minimum absolute atomic E-state index is 0.0237. The first-order valence-electron chi connectivity index (χ1n) is 13.7. The number of anilines is 1. The summed E-state index contributed by atoms with van der Waals surface area (Å²) in [6.07, 6.45) is 4.46.